The van der Waals surface area contributed by atoms with Gasteiger partial charge in [0.2, 0.25) is 0 Å². The van der Waals surface area contributed by atoms with Gasteiger partial charge in [-0.1, -0.05) is 12.1 Å². The van der Waals surface area contributed by atoms with E-state index in [2.05, 4.69) is 6.58 Å². The van der Waals surface area contributed by atoms with E-state index in [9.17, 15) is 0 Å². The highest BCUT2D eigenvalue weighted by molar-refractivity contribution is 5.40. The third-order valence-corrected chi connectivity index (χ3v) is 2.07. The summed E-state index contributed by atoms with van der Waals surface area (Å²) < 4.78 is 10.7. The molecule has 0 aliphatic heterocycles. The summed E-state index contributed by atoms with van der Waals surface area (Å²) in [5.74, 6) is 1.57. The Morgan fingerprint density at radius 1 is 1.47 bits per heavy atom. The molecule has 0 aliphatic carbocycles. The van der Waals surface area contributed by atoms with Crippen molar-refractivity contribution in [3.05, 3.63) is 36.4 Å². The third-order valence-electron chi connectivity index (χ3n) is 2.07. The van der Waals surface area contributed by atoms with Gasteiger partial charge in [-0.2, -0.15) is 0 Å². The lowest BCUT2D eigenvalue weighted by molar-refractivity contribution is 0.318. The van der Waals surface area contributed by atoms with Crippen LogP contribution in [-0.4, -0.2) is 13.7 Å². The van der Waals surface area contributed by atoms with Gasteiger partial charge in [-0.25, -0.2) is 0 Å². The fraction of sp³-hybridized carbons (Fsp3) is 0.333. The zero-order valence-corrected chi connectivity index (χ0v) is 9.03. The molecule has 82 valence electrons. The van der Waals surface area contributed by atoms with Crippen molar-refractivity contribution in [2.75, 3.05) is 13.7 Å². The van der Waals surface area contributed by atoms with Crippen molar-refractivity contribution in [3.63, 3.8) is 0 Å². The molecule has 0 fully saturated rings. The summed E-state index contributed by atoms with van der Waals surface area (Å²) in [5.41, 5.74) is 6.59. The van der Waals surface area contributed by atoms with Gasteiger partial charge < -0.3 is 15.2 Å². The van der Waals surface area contributed by atoms with Gasteiger partial charge in [0.15, 0.2) is 0 Å². The molecule has 0 saturated heterocycles. The fourth-order valence-corrected chi connectivity index (χ4v) is 1.22. The molecule has 3 nitrogen and oxygen atoms in total. The molecule has 0 atom stereocenters. The Balaban J connectivity index is 2.76. The molecule has 0 spiro atoms. The van der Waals surface area contributed by atoms with E-state index < -0.39 is 0 Å². The van der Waals surface area contributed by atoms with Crippen molar-refractivity contribution < 1.29 is 9.47 Å². The van der Waals surface area contributed by atoms with Crippen molar-refractivity contribution in [1.29, 1.82) is 0 Å². The SMILES string of the molecule is C=CCCOc1cc(OC)ccc1CN. The second kappa shape index (κ2) is 6.09. The van der Waals surface area contributed by atoms with Crippen LogP contribution < -0.4 is 15.2 Å². The normalized spacial score (nSPS) is 9.73. The Hall–Kier alpha value is -1.48. The van der Waals surface area contributed by atoms with Crippen LogP contribution in [0.4, 0.5) is 0 Å². The molecule has 0 heterocycles. The second-order valence-corrected chi connectivity index (χ2v) is 3.10. The molecule has 1 rings (SSSR count). The lowest BCUT2D eigenvalue weighted by Crippen LogP contribution is -2.03. The van der Waals surface area contributed by atoms with Crippen molar-refractivity contribution in [2.45, 2.75) is 13.0 Å². The number of methoxy groups -OCH3 is 1. The number of nitrogens with two attached hydrogens (primary N) is 1. The lowest BCUT2D eigenvalue weighted by Gasteiger charge is -2.11. The highest BCUT2D eigenvalue weighted by Crippen LogP contribution is 2.24. The van der Waals surface area contributed by atoms with E-state index in [1.165, 1.54) is 0 Å². The molecular formula is C12H17NO2. The predicted octanol–water partition coefficient (Wildman–Crippen LogP) is 2.11. The maximum absolute atomic E-state index is 5.61. The molecule has 0 aromatic heterocycles. The maximum atomic E-state index is 5.61. The van der Waals surface area contributed by atoms with Crippen molar-refractivity contribution >= 4 is 0 Å². The monoisotopic (exact) mass is 207 g/mol. The Labute approximate surface area is 90.5 Å². The van der Waals surface area contributed by atoms with Gasteiger partial charge in [-0.3, -0.25) is 0 Å². The summed E-state index contributed by atoms with van der Waals surface area (Å²) in [6.45, 7) is 4.72. The van der Waals surface area contributed by atoms with E-state index >= 15 is 0 Å². The number of hydrogen-bond acceptors (Lipinski definition) is 3. The first-order valence-electron chi connectivity index (χ1n) is 4.92. The van der Waals surface area contributed by atoms with Gasteiger partial charge in [0.25, 0.3) is 0 Å². The molecule has 0 radical (unpaired) electrons. The van der Waals surface area contributed by atoms with Crippen LogP contribution in [0.25, 0.3) is 0 Å². The minimum Gasteiger partial charge on any atom is -0.497 e. The van der Waals surface area contributed by atoms with Gasteiger partial charge in [-0.05, 0) is 12.5 Å². The Morgan fingerprint density at radius 2 is 2.27 bits per heavy atom. The van der Waals surface area contributed by atoms with Crippen molar-refractivity contribution in [3.8, 4) is 11.5 Å². The highest BCUT2D eigenvalue weighted by Gasteiger charge is 2.03. The van der Waals surface area contributed by atoms with Crippen molar-refractivity contribution in [1.82, 2.24) is 0 Å². The Bertz CT molecular complexity index is 323. The maximum Gasteiger partial charge on any atom is 0.127 e. The Kier molecular flexibility index (Phi) is 4.71. The summed E-state index contributed by atoms with van der Waals surface area (Å²) in [5, 5.41) is 0. The van der Waals surface area contributed by atoms with Crippen LogP contribution in [0.1, 0.15) is 12.0 Å². The van der Waals surface area contributed by atoms with E-state index in [4.69, 9.17) is 15.2 Å². The number of benzene rings is 1. The van der Waals surface area contributed by atoms with Crippen LogP contribution in [-0.2, 0) is 6.54 Å². The zero-order valence-electron chi connectivity index (χ0n) is 9.03. The minimum absolute atomic E-state index is 0.466. The molecule has 2 N–H and O–H groups in total. The first kappa shape index (κ1) is 11.6. The summed E-state index contributed by atoms with van der Waals surface area (Å²) in [4.78, 5) is 0. The highest BCUT2D eigenvalue weighted by atomic mass is 16.5. The van der Waals surface area contributed by atoms with Crippen LogP contribution in [0.15, 0.2) is 30.9 Å². The van der Waals surface area contributed by atoms with Crippen molar-refractivity contribution in [2.24, 2.45) is 5.73 Å². The molecule has 1 aromatic carbocycles. The number of hydrogen-bond donors (Lipinski definition) is 1. The standard InChI is InChI=1S/C12H17NO2/c1-3-4-7-15-12-8-11(14-2)6-5-10(12)9-13/h3,5-6,8H,1,4,7,9,13H2,2H3. The van der Waals surface area contributed by atoms with Gasteiger partial charge >= 0.3 is 0 Å². The average Bonchev–Trinajstić information content (AvgIpc) is 2.29. The average molecular weight is 207 g/mol. The zero-order chi connectivity index (χ0) is 11.1. The van der Waals surface area contributed by atoms with Crippen LogP contribution in [0, 0.1) is 0 Å². The van der Waals surface area contributed by atoms with Gasteiger partial charge in [0.1, 0.15) is 11.5 Å². The first-order valence-corrected chi connectivity index (χ1v) is 4.92. The van der Waals surface area contributed by atoms with E-state index in [-0.39, 0.29) is 0 Å². The summed E-state index contributed by atoms with van der Waals surface area (Å²) in [6, 6.07) is 5.65. The molecule has 0 amide bonds. The smallest absolute Gasteiger partial charge is 0.127 e. The molecule has 15 heavy (non-hydrogen) atoms. The van der Waals surface area contributed by atoms with Crippen LogP contribution >= 0.6 is 0 Å². The fourth-order valence-electron chi connectivity index (χ4n) is 1.22. The quantitative estimate of drug-likeness (QED) is 0.574. The molecule has 0 saturated carbocycles. The molecule has 3 heteroatoms. The number of rotatable bonds is 6. The summed E-state index contributed by atoms with van der Waals surface area (Å²) >= 11 is 0. The molecule has 0 aliphatic rings. The molecule has 1 aromatic rings. The third kappa shape index (κ3) is 3.29. The topological polar surface area (TPSA) is 44.5 Å². The lowest BCUT2D eigenvalue weighted by atomic mass is 10.2. The molecule has 0 bridgehead atoms. The predicted molar refractivity (Wildman–Crippen MR) is 61.2 cm³/mol. The van der Waals surface area contributed by atoms with Gasteiger partial charge in [0.05, 0.1) is 13.7 Å². The first-order chi connectivity index (χ1) is 7.31. The Morgan fingerprint density at radius 3 is 2.87 bits per heavy atom. The van der Waals surface area contributed by atoms with Crippen LogP contribution in [0.5, 0.6) is 11.5 Å². The molecule has 0 unspecified atom stereocenters. The summed E-state index contributed by atoms with van der Waals surface area (Å²) in [7, 11) is 1.63. The minimum atomic E-state index is 0.466. The van der Waals surface area contributed by atoms with E-state index in [0.717, 1.165) is 23.5 Å². The number of ether oxygens (including phenoxy) is 2. The van der Waals surface area contributed by atoms with Crippen LogP contribution in [0.3, 0.4) is 0 Å². The van der Waals surface area contributed by atoms with Crippen LogP contribution in [0.2, 0.25) is 0 Å². The van der Waals surface area contributed by atoms with Gasteiger partial charge in [-0.15, -0.1) is 6.58 Å². The van der Waals surface area contributed by atoms with E-state index in [0.29, 0.717) is 13.2 Å². The second-order valence-electron chi connectivity index (χ2n) is 3.10. The van der Waals surface area contributed by atoms with E-state index in [1.807, 2.05) is 24.3 Å². The molecular weight excluding hydrogens is 190 g/mol. The van der Waals surface area contributed by atoms with E-state index in [1.54, 1.807) is 7.11 Å². The summed E-state index contributed by atoms with van der Waals surface area (Å²) in [6.07, 6.45) is 2.64. The van der Waals surface area contributed by atoms with Gasteiger partial charge in [0, 0.05) is 18.2 Å². The largest absolute Gasteiger partial charge is 0.497 e.